The fourth-order valence-electron chi connectivity index (χ4n) is 1.65. The Hall–Kier alpha value is -1.65. The Balaban J connectivity index is 2.49. The number of ether oxygens (including phenoxy) is 1. The minimum atomic E-state index is -0.610. The fourth-order valence-corrected chi connectivity index (χ4v) is 1.98. The van der Waals surface area contributed by atoms with Crippen LogP contribution < -0.4 is 10.5 Å². The highest BCUT2D eigenvalue weighted by Crippen LogP contribution is 2.32. The molecular formula is C14H11ClFNOS. The summed E-state index contributed by atoms with van der Waals surface area (Å²) < 4.78 is 19.4. The smallest absolute Gasteiger partial charge is 0.184 e. The van der Waals surface area contributed by atoms with Crippen LogP contribution in [0.4, 0.5) is 4.39 Å². The van der Waals surface area contributed by atoms with Crippen LogP contribution in [0.1, 0.15) is 11.1 Å². The average molecular weight is 296 g/mol. The first kappa shape index (κ1) is 13.8. The van der Waals surface area contributed by atoms with Crippen molar-refractivity contribution >= 4 is 28.8 Å². The van der Waals surface area contributed by atoms with E-state index in [0.717, 1.165) is 5.56 Å². The Labute approximate surface area is 120 Å². The van der Waals surface area contributed by atoms with Crippen molar-refractivity contribution in [1.29, 1.82) is 0 Å². The zero-order chi connectivity index (χ0) is 14.0. The molecule has 2 aromatic rings. The first-order valence-electron chi connectivity index (χ1n) is 5.52. The molecule has 0 aromatic heterocycles. The van der Waals surface area contributed by atoms with Crippen LogP contribution in [0.5, 0.6) is 11.5 Å². The lowest BCUT2D eigenvalue weighted by Gasteiger charge is -2.13. The number of rotatable bonds is 3. The first-order valence-corrected chi connectivity index (χ1v) is 6.30. The van der Waals surface area contributed by atoms with Crippen molar-refractivity contribution in [2.24, 2.45) is 5.73 Å². The van der Waals surface area contributed by atoms with Crippen LogP contribution >= 0.6 is 23.8 Å². The molecule has 0 amide bonds. The lowest BCUT2D eigenvalue weighted by Crippen LogP contribution is -2.11. The third kappa shape index (κ3) is 2.85. The molecule has 2 aromatic carbocycles. The number of hydrogen-bond donors (Lipinski definition) is 1. The van der Waals surface area contributed by atoms with Gasteiger partial charge in [-0.05, 0) is 30.7 Å². The summed E-state index contributed by atoms with van der Waals surface area (Å²) in [5, 5.41) is 0.00274. The molecule has 0 aliphatic rings. The molecule has 0 aliphatic carbocycles. The Bertz CT molecular complexity index is 645. The summed E-state index contributed by atoms with van der Waals surface area (Å²) in [6.45, 7) is 1.83. The fraction of sp³-hybridized carbons (Fsp3) is 0.0714. The second kappa shape index (κ2) is 5.55. The van der Waals surface area contributed by atoms with Crippen molar-refractivity contribution in [3.8, 4) is 11.5 Å². The molecule has 0 aliphatic heterocycles. The molecule has 19 heavy (non-hydrogen) atoms. The van der Waals surface area contributed by atoms with Gasteiger partial charge in [-0.1, -0.05) is 42.0 Å². The van der Waals surface area contributed by atoms with Gasteiger partial charge in [-0.15, -0.1) is 0 Å². The van der Waals surface area contributed by atoms with Gasteiger partial charge < -0.3 is 10.5 Å². The van der Waals surface area contributed by atoms with E-state index in [0.29, 0.717) is 11.3 Å². The minimum Gasteiger partial charge on any atom is -0.453 e. The molecule has 2 N–H and O–H groups in total. The van der Waals surface area contributed by atoms with E-state index in [2.05, 4.69) is 0 Å². The van der Waals surface area contributed by atoms with Crippen molar-refractivity contribution in [2.75, 3.05) is 0 Å². The molecule has 0 fully saturated rings. The Morgan fingerprint density at radius 2 is 1.95 bits per heavy atom. The molecule has 0 radical (unpaired) electrons. The van der Waals surface area contributed by atoms with Gasteiger partial charge in [0.05, 0.1) is 10.6 Å². The van der Waals surface area contributed by atoms with Crippen LogP contribution in [0.25, 0.3) is 0 Å². The number of halogens is 2. The summed E-state index contributed by atoms with van der Waals surface area (Å²) in [5.74, 6) is -0.128. The van der Waals surface area contributed by atoms with E-state index in [1.165, 1.54) is 12.1 Å². The average Bonchev–Trinajstić information content (AvgIpc) is 2.36. The van der Waals surface area contributed by atoms with Crippen molar-refractivity contribution in [3.05, 3.63) is 58.4 Å². The van der Waals surface area contributed by atoms with E-state index >= 15 is 0 Å². The van der Waals surface area contributed by atoms with Gasteiger partial charge in [-0.25, -0.2) is 4.39 Å². The maximum atomic E-state index is 13.8. The third-order valence-electron chi connectivity index (χ3n) is 2.61. The van der Waals surface area contributed by atoms with Crippen molar-refractivity contribution in [1.82, 2.24) is 0 Å². The van der Waals surface area contributed by atoms with E-state index in [1.54, 1.807) is 12.1 Å². The van der Waals surface area contributed by atoms with Crippen LogP contribution in [-0.2, 0) is 0 Å². The molecule has 98 valence electrons. The van der Waals surface area contributed by atoms with Crippen LogP contribution in [0.15, 0.2) is 36.4 Å². The van der Waals surface area contributed by atoms with Gasteiger partial charge in [0.1, 0.15) is 10.7 Å². The Kier molecular flexibility index (Phi) is 4.02. The summed E-state index contributed by atoms with van der Waals surface area (Å²) in [6.07, 6.45) is 0. The van der Waals surface area contributed by atoms with Gasteiger partial charge in [-0.3, -0.25) is 0 Å². The summed E-state index contributed by atoms with van der Waals surface area (Å²) in [5.41, 5.74) is 7.01. The number of benzene rings is 2. The van der Waals surface area contributed by atoms with Crippen LogP contribution in [0.3, 0.4) is 0 Å². The normalized spacial score (nSPS) is 10.3. The predicted octanol–water partition coefficient (Wildman–Crippen LogP) is 4.21. The van der Waals surface area contributed by atoms with Crippen LogP contribution in [0.2, 0.25) is 5.02 Å². The second-order valence-electron chi connectivity index (χ2n) is 3.97. The molecule has 0 unspecified atom stereocenters. The molecule has 0 atom stereocenters. The van der Waals surface area contributed by atoms with Gasteiger partial charge in [0, 0.05) is 0 Å². The number of para-hydroxylation sites is 1. The zero-order valence-corrected chi connectivity index (χ0v) is 11.7. The molecule has 5 heteroatoms. The zero-order valence-electron chi connectivity index (χ0n) is 10.1. The van der Waals surface area contributed by atoms with Crippen molar-refractivity contribution < 1.29 is 9.13 Å². The predicted molar refractivity (Wildman–Crippen MR) is 78.6 cm³/mol. The van der Waals surface area contributed by atoms with E-state index in [4.69, 9.17) is 34.3 Å². The molecule has 2 rings (SSSR count). The van der Waals surface area contributed by atoms with Crippen LogP contribution in [-0.4, -0.2) is 4.99 Å². The molecular weight excluding hydrogens is 285 g/mol. The second-order valence-corrected chi connectivity index (χ2v) is 4.82. The summed E-state index contributed by atoms with van der Waals surface area (Å²) >= 11 is 10.7. The highest BCUT2D eigenvalue weighted by Gasteiger charge is 2.14. The molecule has 0 spiro atoms. The standard InChI is InChI=1S/C14H11ClFNOS/c1-8-4-2-5-9(14(17)19)13(8)18-11-7-3-6-10(15)12(11)16/h2-7H,1H3,(H2,17,19). The van der Waals surface area contributed by atoms with Crippen molar-refractivity contribution in [3.63, 3.8) is 0 Å². The molecule has 0 heterocycles. The maximum Gasteiger partial charge on any atom is 0.184 e. The highest BCUT2D eigenvalue weighted by atomic mass is 35.5. The minimum absolute atomic E-state index is 0.00274. The monoisotopic (exact) mass is 295 g/mol. The highest BCUT2D eigenvalue weighted by molar-refractivity contribution is 7.80. The Morgan fingerprint density at radius 3 is 2.63 bits per heavy atom. The molecule has 0 saturated carbocycles. The molecule has 0 saturated heterocycles. The van der Waals surface area contributed by atoms with Gasteiger partial charge in [0.15, 0.2) is 11.6 Å². The van der Waals surface area contributed by atoms with Gasteiger partial charge in [-0.2, -0.15) is 0 Å². The lowest BCUT2D eigenvalue weighted by atomic mass is 10.1. The van der Waals surface area contributed by atoms with Gasteiger partial charge >= 0.3 is 0 Å². The number of nitrogens with two attached hydrogens (primary N) is 1. The van der Waals surface area contributed by atoms with Gasteiger partial charge in [0.25, 0.3) is 0 Å². The summed E-state index contributed by atoms with van der Waals surface area (Å²) in [6, 6.07) is 9.93. The topological polar surface area (TPSA) is 35.2 Å². The lowest BCUT2D eigenvalue weighted by molar-refractivity contribution is 0.439. The maximum absolute atomic E-state index is 13.8. The first-order chi connectivity index (χ1) is 9.00. The molecule has 2 nitrogen and oxygen atoms in total. The van der Waals surface area contributed by atoms with E-state index in [1.807, 2.05) is 19.1 Å². The van der Waals surface area contributed by atoms with E-state index < -0.39 is 5.82 Å². The van der Waals surface area contributed by atoms with E-state index in [9.17, 15) is 4.39 Å². The van der Waals surface area contributed by atoms with Gasteiger partial charge in [0.2, 0.25) is 0 Å². The van der Waals surface area contributed by atoms with Crippen LogP contribution in [0, 0.1) is 12.7 Å². The molecule has 0 bridgehead atoms. The van der Waals surface area contributed by atoms with Crippen molar-refractivity contribution in [2.45, 2.75) is 6.92 Å². The third-order valence-corrected chi connectivity index (χ3v) is 3.12. The number of aryl methyl sites for hydroxylation is 1. The number of hydrogen-bond acceptors (Lipinski definition) is 2. The Morgan fingerprint density at radius 1 is 1.26 bits per heavy atom. The summed E-state index contributed by atoms with van der Waals surface area (Å²) in [7, 11) is 0. The number of thiocarbonyl (C=S) groups is 1. The quantitative estimate of drug-likeness (QED) is 0.861. The largest absolute Gasteiger partial charge is 0.453 e. The SMILES string of the molecule is Cc1cccc(C(N)=S)c1Oc1cccc(Cl)c1F. The van der Waals surface area contributed by atoms with E-state index in [-0.39, 0.29) is 15.8 Å². The summed E-state index contributed by atoms with van der Waals surface area (Å²) in [4.78, 5) is 0.195.